The Kier molecular flexibility index (Phi) is 5.32. The maximum Gasteiger partial charge on any atom is 0.407 e. The Morgan fingerprint density at radius 1 is 1.62 bits per heavy atom. The van der Waals surface area contributed by atoms with Crippen molar-refractivity contribution in [2.24, 2.45) is 0 Å². The molecule has 0 radical (unpaired) electrons. The first kappa shape index (κ1) is 15.5. The van der Waals surface area contributed by atoms with Crippen LogP contribution in [0.15, 0.2) is 10.8 Å². The number of alkyl carbamates (subject to hydrolysis) is 1. The van der Waals surface area contributed by atoms with Gasteiger partial charge in [0.1, 0.15) is 16.9 Å². The van der Waals surface area contributed by atoms with Crippen LogP contribution >= 0.6 is 15.9 Å². The zero-order valence-electron chi connectivity index (χ0n) is 11.4. The third-order valence-electron chi connectivity index (χ3n) is 2.89. The maximum atomic E-state index is 11.6. The van der Waals surface area contributed by atoms with Gasteiger partial charge < -0.3 is 20.1 Å². The molecule has 114 valence electrons. The highest BCUT2D eigenvalue weighted by atomic mass is 79.9. The Morgan fingerprint density at radius 3 is 3.10 bits per heavy atom. The van der Waals surface area contributed by atoms with Gasteiger partial charge in [0.05, 0.1) is 13.3 Å². The van der Waals surface area contributed by atoms with Crippen LogP contribution in [-0.2, 0) is 16.1 Å². The van der Waals surface area contributed by atoms with Crippen molar-refractivity contribution in [3.63, 3.8) is 0 Å². The summed E-state index contributed by atoms with van der Waals surface area (Å²) in [5, 5.41) is 5.34. The van der Waals surface area contributed by atoms with Crippen LogP contribution in [0.1, 0.15) is 18.5 Å². The second-order valence-electron chi connectivity index (χ2n) is 4.41. The Bertz CT molecular complexity index is 540. The lowest BCUT2D eigenvalue weighted by Gasteiger charge is -2.12. The summed E-state index contributed by atoms with van der Waals surface area (Å²) in [6.45, 7) is 0.292. The lowest BCUT2D eigenvalue weighted by atomic mass is 10.2. The van der Waals surface area contributed by atoms with Gasteiger partial charge >= 0.3 is 6.09 Å². The van der Waals surface area contributed by atoms with E-state index in [9.17, 15) is 9.59 Å². The predicted molar refractivity (Wildman–Crippen MR) is 75.6 cm³/mol. The van der Waals surface area contributed by atoms with Crippen LogP contribution in [-0.4, -0.2) is 41.7 Å². The molecule has 1 aromatic heterocycles. The maximum absolute atomic E-state index is 11.6. The van der Waals surface area contributed by atoms with Crippen molar-refractivity contribution in [2.45, 2.75) is 25.5 Å². The normalized spacial score (nSPS) is 17.2. The number of rotatable bonds is 5. The van der Waals surface area contributed by atoms with Gasteiger partial charge in [-0.3, -0.25) is 4.79 Å². The molecule has 1 aliphatic heterocycles. The van der Waals surface area contributed by atoms with Crippen LogP contribution in [0.3, 0.4) is 0 Å². The van der Waals surface area contributed by atoms with E-state index >= 15 is 0 Å². The molecule has 2 heterocycles. The highest BCUT2D eigenvalue weighted by Gasteiger charge is 2.21. The highest BCUT2D eigenvalue weighted by molar-refractivity contribution is 9.10. The van der Waals surface area contributed by atoms with E-state index in [1.54, 1.807) is 0 Å². The zero-order valence-corrected chi connectivity index (χ0v) is 13.0. The van der Waals surface area contributed by atoms with E-state index in [1.807, 2.05) is 0 Å². The SMILES string of the molecule is COc1nc(Br)cnc1COC(=O)NC[C@@H]1CCC(=O)N1. The number of hydrogen-bond acceptors (Lipinski definition) is 6. The molecule has 0 saturated carbocycles. The molecule has 0 aromatic carbocycles. The number of aromatic nitrogens is 2. The molecule has 0 unspecified atom stereocenters. The van der Waals surface area contributed by atoms with Crippen molar-refractivity contribution in [3.05, 3.63) is 16.5 Å². The van der Waals surface area contributed by atoms with Crippen LogP contribution in [0.4, 0.5) is 4.79 Å². The number of hydrogen-bond donors (Lipinski definition) is 2. The topological polar surface area (TPSA) is 102 Å². The van der Waals surface area contributed by atoms with Gasteiger partial charge in [0.2, 0.25) is 11.8 Å². The third kappa shape index (κ3) is 4.55. The molecule has 1 aromatic rings. The van der Waals surface area contributed by atoms with Gasteiger partial charge in [-0.05, 0) is 22.4 Å². The molecule has 9 heteroatoms. The first-order chi connectivity index (χ1) is 10.1. The van der Waals surface area contributed by atoms with E-state index in [0.29, 0.717) is 35.6 Å². The number of carbonyl (C=O) groups is 2. The van der Waals surface area contributed by atoms with Gasteiger partial charge in [-0.15, -0.1) is 0 Å². The molecule has 0 bridgehead atoms. The molecule has 0 spiro atoms. The first-order valence-electron chi connectivity index (χ1n) is 6.34. The monoisotopic (exact) mass is 358 g/mol. The number of ether oxygens (including phenoxy) is 2. The summed E-state index contributed by atoms with van der Waals surface area (Å²) in [5.41, 5.74) is 0.421. The van der Waals surface area contributed by atoms with Gasteiger partial charge in [-0.2, -0.15) is 0 Å². The fraction of sp³-hybridized carbons (Fsp3) is 0.500. The molecule has 21 heavy (non-hydrogen) atoms. The van der Waals surface area contributed by atoms with Crippen molar-refractivity contribution in [2.75, 3.05) is 13.7 Å². The van der Waals surface area contributed by atoms with Crippen LogP contribution in [0, 0.1) is 0 Å². The molecular weight excluding hydrogens is 344 g/mol. The number of halogens is 1. The molecule has 1 atom stereocenters. The van der Waals surface area contributed by atoms with Crippen molar-refractivity contribution in [1.82, 2.24) is 20.6 Å². The Balaban J connectivity index is 1.77. The third-order valence-corrected chi connectivity index (χ3v) is 3.28. The number of amides is 2. The molecule has 1 aliphatic rings. The fourth-order valence-electron chi connectivity index (χ4n) is 1.86. The van der Waals surface area contributed by atoms with E-state index in [2.05, 4.69) is 36.5 Å². The molecule has 1 fully saturated rings. The molecule has 2 amide bonds. The van der Waals surface area contributed by atoms with Crippen molar-refractivity contribution >= 4 is 27.9 Å². The summed E-state index contributed by atoms with van der Waals surface area (Å²) in [6, 6.07) is -0.0351. The summed E-state index contributed by atoms with van der Waals surface area (Å²) >= 11 is 3.18. The predicted octanol–water partition coefficient (Wildman–Crippen LogP) is 0.752. The molecule has 2 N–H and O–H groups in total. The van der Waals surface area contributed by atoms with E-state index in [-0.39, 0.29) is 18.6 Å². The number of carbonyl (C=O) groups excluding carboxylic acids is 2. The lowest BCUT2D eigenvalue weighted by molar-refractivity contribution is -0.119. The molecule has 8 nitrogen and oxygen atoms in total. The van der Waals surface area contributed by atoms with Crippen molar-refractivity contribution in [3.8, 4) is 5.88 Å². The minimum atomic E-state index is -0.581. The van der Waals surface area contributed by atoms with Crippen LogP contribution in [0.25, 0.3) is 0 Å². The second-order valence-corrected chi connectivity index (χ2v) is 5.22. The highest BCUT2D eigenvalue weighted by Crippen LogP contribution is 2.16. The van der Waals surface area contributed by atoms with Crippen LogP contribution < -0.4 is 15.4 Å². The van der Waals surface area contributed by atoms with Crippen LogP contribution in [0.2, 0.25) is 0 Å². The molecular formula is C12H15BrN4O4. The standard InChI is InChI=1S/C12H15BrN4O4/c1-20-11-8(14-5-9(13)17-11)6-21-12(19)15-4-7-2-3-10(18)16-7/h5,7H,2-4,6H2,1H3,(H,15,19)(H,16,18)/t7-/m0/s1. The quantitative estimate of drug-likeness (QED) is 0.805. The van der Waals surface area contributed by atoms with E-state index < -0.39 is 6.09 Å². The molecule has 0 aliphatic carbocycles. The number of methoxy groups -OCH3 is 1. The Morgan fingerprint density at radius 2 is 2.43 bits per heavy atom. The van der Waals surface area contributed by atoms with E-state index in [1.165, 1.54) is 13.3 Å². The van der Waals surface area contributed by atoms with Crippen molar-refractivity contribution < 1.29 is 19.1 Å². The largest absolute Gasteiger partial charge is 0.480 e. The van der Waals surface area contributed by atoms with Gasteiger partial charge in [0, 0.05) is 19.0 Å². The van der Waals surface area contributed by atoms with Gasteiger partial charge in [-0.25, -0.2) is 14.8 Å². The second kappa shape index (κ2) is 7.21. The fourth-order valence-corrected chi connectivity index (χ4v) is 2.12. The summed E-state index contributed by atoms with van der Waals surface area (Å²) in [7, 11) is 1.46. The minimum absolute atomic E-state index is 0.00467. The minimum Gasteiger partial charge on any atom is -0.480 e. The Labute approximate surface area is 129 Å². The van der Waals surface area contributed by atoms with Gasteiger partial charge in [-0.1, -0.05) is 0 Å². The number of nitrogens with zero attached hydrogens (tertiary/aromatic N) is 2. The Hall–Kier alpha value is -1.90. The zero-order chi connectivity index (χ0) is 15.2. The smallest absolute Gasteiger partial charge is 0.407 e. The van der Waals surface area contributed by atoms with E-state index in [4.69, 9.17) is 9.47 Å². The van der Waals surface area contributed by atoms with E-state index in [0.717, 1.165) is 0 Å². The molecule has 1 saturated heterocycles. The molecule has 2 rings (SSSR count). The number of nitrogens with one attached hydrogen (secondary N) is 2. The average Bonchev–Trinajstić information content (AvgIpc) is 2.89. The average molecular weight is 359 g/mol. The summed E-state index contributed by atoms with van der Waals surface area (Å²) in [5.74, 6) is 0.297. The summed E-state index contributed by atoms with van der Waals surface area (Å²) in [6.07, 6.45) is 2.12. The summed E-state index contributed by atoms with van der Waals surface area (Å²) < 4.78 is 10.6. The van der Waals surface area contributed by atoms with Crippen molar-refractivity contribution in [1.29, 1.82) is 0 Å². The first-order valence-corrected chi connectivity index (χ1v) is 7.13. The summed E-state index contributed by atoms with van der Waals surface area (Å²) in [4.78, 5) is 30.7. The van der Waals surface area contributed by atoms with Crippen LogP contribution in [0.5, 0.6) is 5.88 Å². The van der Waals surface area contributed by atoms with Gasteiger partial charge in [0.15, 0.2) is 0 Å². The van der Waals surface area contributed by atoms with Gasteiger partial charge in [0.25, 0.3) is 0 Å². The lowest BCUT2D eigenvalue weighted by Crippen LogP contribution is -2.38.